The molecule has 2 rings (SSSR count). The molecule has 0 spiro atoms. The number of hydrogen-bond acceptors (Lipinski definition) is 7. The van der Waals surface area contributed by atoms with E-state index in [0.717, 1.165) is 6.07 Å². The molecule has 0 saturated heterocycles. The first kappa shape index (κ1) is 17.4. The van der Waals surface area contributed by atoms with E-state index >= 15 is 0 Å². The first-order chi connectivity index (χ1) is 11.1. The molecule has 1 aromatic carbocycles. The molecule has 0 radical (unpaired) electrons. The third kappa shape index (κ3) is 4.30. The minimum atomic E-state index is -4.79. The van der Waals surface area contributed by atoms with Gasteiger partial charge in [0.15, 0.2) is 6.61 Å². The summed E-state index contributed by atoms with van der Waals surface area (Å²) in [6.07, 6.45) is -5.48. The van der Waals surface area contributed by atoms with E-state index in [9.17, 15) is 38.2 Å². The van der Waals surface area contributed by atoms with Crippen molar-refractivity contribution in [3.63, 3.8) is 0 Å². The normalized spacial score (nSPS) is 14.1. The standard InChI is InChI=1S/C12H9F3N2O7/c13-12(14,15)5-23-11(18)24-10-8(6-1-2-6)3-7(16(19)20)4-9(10)17(21)22/h3-4,6H,1-2,5H2. The van der Waals surface area contributed by atoms with Gasteiger partial charge in [-0.05, 0) is 18.8 Å². The molecule has 0 aliphatic heterocycles. The second-order valence-corrected chi connectivity index (χ2v) is 4.93. The SMILES string of the molecule is O=C(OCC(F)(F)F)Oc1c(C2CC2)cc([N+](=O)[O-])cc1[N+](=O)[O-]. The van der Waals surface area contributed by atoms with Crippen LogP contribution < -0.4 is 4.74 Å². The van der Waals surface area contributed by atoms with Gasteiger partial charge in [-0.25, -0.2) is 4.79 Å². The van der Waals surface area contributed by atoms with E-state index in [4.69, 9.17) is 0 Å². The molecule has 0 N–H and O–H groups in total. The van der Waals surface area contributed by atoms with Crippen LogP contribution in [0.2, 0.25) is 0 Å². The largest absolute Gasteiger partial charge is 0.514 e. The maximum atomic E-state index is 12.0. The Morgan fingerprint density at radius 3 is 2.29 bits per heavy atom. The summed E-state index contributed by atoms with van der Waals surface area (Å²) >= 11 is 0. The highest BCUT2D eigenvalue weighted by atomic mass is 19.4. The van der Waals surface area contributed by atoms with Gasteiger partial charge < -0.3 is 9.47 Å². The predicted octanol–water partition coefficient (Wildman–Crippen LogP) is 3.46. The molecule has 1 aliphatic rings. The molecular weight excluding hydrogens is 341 g/mol. The molecule has 0 atom stereocenters. The lowest BCUT2D eigenvalue weighted by molar-refractivity contribution is -0.394. The minimum Gasteiger partial charge on any atom is -0.424 e. The molecule has 12 heteroatoms. The van der Waals surface area contributed by atoms with Crippen molar-refractivity contribution in [1.82, 2.24) is 0 Å². The van der Waals surface area contributed by atoms with Crippen LogP contribution in [0, 0.1) is 20.2 Å². The number of hydrogen-bond donors (Lipinski definition) is 0. The van der Waals surface area contributed by atoms with Crippen molar-refractivity contribution in [2.24, 2.45) is 0 Å². The summed E-state index contributed by atoms with van der Waals surface area (Å²) in [5, 5.41) is 21.9. The van der Waals surface area contributed by atoms with Crippen molar-refractivity contribution in [3.8, 4) is 5.75 Å². The lowest BCUT2D eigenvalue weighted by Crippen LogP contribution is -2.22. The monoisotopic (exact) mass is 350 g/mol. The maximum absolute atomic E-state index is 12.0. The summed E-state index contributed by atoms with van der Waals surface area (Å²) in [5.74, 6) is -0.950. The molecule has 0 unspecified atom stereocenters. The van der Waals surface area contributed by atoms with E-state index in [1.165, 1.54) is 0 Å². The fraction of sp³-hybridized carbons (Fsp3) is 0.417. The van der Waals surface area contributed by atoms with Gasteiger partial charge in [0, 0.05) is 11.6 Å². The molecule has 1 fully saturated rings. The van der Waals surface area contributed by atoms with Crippen LogP contribution in [-0.4, -0.2) is 28.8 Å². The zero-order valence-corrected chi connectivity index (χ0v) is 11.7. The smallest absolute Gasteiger partial charge is 0.424 e. The lowest BCUT2D eigenvalue weighted by atomic mass is 10.1. The molecule has 1 aromatic rings. The van der Waals surface area contributed by atoms with Gasteiger partial charge in [0.2, 0.25) is 5.75 Å². The number of carbonyl (C=O) groups excluding carboxylic acids is 1. The Morgan fingerprint density at radius 2 is 1.83 bits per heavy atom. The zero-order valence-electron chi connectivity index (χ0n) is 11.7. The Hall–Kier alpha value is -2.92. The third-order valence-electron chi connectivity index (χ3n) is 3.05. The number of benzene rings is 1. The highest BCUT2D eigenvalue weighted by molar-refractivity contribution is 5.70. The number of nitro benzene ring substituents is 2. The first-order valence-electron chi connectivity index (χ1n) is 6.46. The molecule has 0 bridgehead atoms. The molecule has 1 saturated carbocycles. The van der Waals surface area contributed by atoms with Crippen molar-refractivity contribution >= 4 is 17.5 Å². The van der Waals surface area contributed by atoms with Crippen LogP contribution in [0.4, 0.5) is 29.3 Å². The molecule has 0 heterocycles. The molecule has 130 valence electrons. The van der Waals surface area contributed by atoms with Gasteiger partial charge in [-0.3, -0.25) is 20.2 Å². The Balaban J connectivity index is 2.34. The summed E-state index contributed by atoms with van der Waals surface area (Å²) in [6.45, 7) is -1.93. The van der Waals surface area contributed by atoms with Gasteiger partial charge in [0.25, 0.3) is 5.69 Å². The van der Waals surface area contributed by atoms with Crippen LogP contribution in [0.3, 0.4) is 0 Å². The number of rotatable bonds is 5. The van der Waals surface area contributed by atoms with Gasteiger partial charge in [-0.1, -0.05) is 0 Å². The molecule has 9 nitrogen and oxygen atoms in total. The van der Waals surface area contributed by atoms with E-state index in [1.807, 2.05) is 0 Å². The number of non-ortho nitro benzene ring substituents is 1. The Labute approximate surface area is 131 Å². The molecule has 24 heavy (non-hydrogen) atoms. The fourth-order valence-corrected chi connectivity index (χ4v) is 1.92. The molecule has 0 amide bonds. The zero-order chi connectivity index (χ0) is 18.1. The Kier molecular flexibility index (Phi) is 4.57. The Morgan fingerprint density at radius 1 is 1.21 bits per heavy atom. The van der Waals surface area contributed by atoms with Crippen LogP contribution in [-0.2, 0) is 4.74 Å². The van der Waals surface area contributed by atoms with Crippen molar-refractivity contribution in [2.45, 2.75) is 24.9 Å². The molecular formula is C12H9F3N2O7. The van der Waals surface area contributed by atoms with E-state index in [-0.39, 0.29) is 11.5 Å². The van der Waals surface area contributed by atoms with Gasteiger partial charge in [-0.15, -0.1) is 0 Å². The van der Waals surface area contributed by atoms with Crippen LogP contribution in [0.15, 0.2) is 12.1 Å². The Bertz CT molecular complexity index is 701. The number of carbonyl (C=O) groups is 1. The summed E-state index contributed by atoms with van der Waals surface area (Å²) in [6, 6.07) is 1.56. The molecule has 1 aliphatic carbocycles. The summed E-state index contributed by atoms with van der Waals surface area (Å²) in [5.41, 5.74) is -1.46. The van der Waals surface area contributed by atoms with E-state index in [1.54, 1.807) is 0 Å². The summed E-state index contributed by atoms with van der Waals surface area (Å²) in [4.78, 5) is 31.4. The second kappa shape index (κ2) is 6.29. The van der Waals surface area contributed by atoms with Crippen LogP contribution in [0.5, 0.6) is 5.75 Å². The van der Waals surface area contributed by atoms with Crippen LogP contribution in [0.25, 0.3) is 0 Å². The highest BCUT2D eigenvalue weighted by Crippen LogP contribution is 2.49. The van der Waals surface area contributed by atoms with Gasteiger partial charge in [0.05, 0.1) is 15.9 Å². The topological polar surface area (TPSA) is 122 Å². The minimum absolute atomic E-state index is 0.0138. The van der Waals surface area contributed by atoms with Crippen LogP contribution in [0.1, 0.15) is 24.3 Å². The second-order valence-electron chi connectivity index (χ2n) is 4.93. The predicted molar refractivity (Wildman–Crippen MR) is 69.8 cm³/mol. The van der Waals surface area contributed by atoms with Crippen molar-refractivity contribution in [1.29, 1.82) is 0 Å². The number of halogens is 3. The first-order valence-corrected chi connectivity index (χ1v) is 6.46. The van der Waals surface area contributed by atoms with E-state index in [0.29, 0.717) is 18.9 Å². The van der Waals surface area contributed by atoms with Crippen molar-refractivity contribution < 1.29 is 37.3 Å². The maximum Gasteiger partial charge on any atom is 0.514 e. The third-order valence-corrected chi connectivity index (χ3v) is 3.05. The van der Waals surface area contributed by atoms with Crippen molar-refractivity contribution in [3.05, 3.63) is 37.9 Å². The van der Waals surface area contributed by atoms with Crippen LogP contribution >= 0.6 is 0 Å². The van der Waals surface area contributed by atoms with Gasteiger partial charge in [-0.2, -0.15) is 13.2 Å². The fourth-order valence-electron chi connectivity index (χ4n) is 1.92. The highest BCUT2D eigenvalue weighted by Gasteiger charge is 2.36. The van der Waals surface area contributed by atoms with Gasteiger partial charge >= 0.3 is 18.0 Å². The molecule has 0 aromatic heterocycles. The van der Waals surface area contributed by atoms with E-state index < -0.39 is 45.9 Å². The number of nitro groups is 2. The number of nitrogens with zero attached hydrogens (tertiary/aromatic N) is 2. The lowest BCUT2D eigenvalue weighted by Gasteiger charge is -2.11. The number of alkyl halides is 3. The summed E-state index contributed by atoms with van der Waals surface area (Å²) < 4.78 is 44.4. The average Bonchev–Trinajstić information content (AvgIpc) is 3.28. The van der Waals surface area contributed by atoms with E-state index in [2.05, 4.69) is 9.47 Å². The quantitative estimate of drug-likeness (QED) is 0.345. The average molecular weight is 350 g/mol. The number of ether oxygens (including phenoxy) is 2. The summed E-state index contributed by atoms with van der Waals surface area (Å²) in [7, 11) is 0. The van der Waals surface area contributed by atoms with Gasteiger partial charge in [0.1, 0.15) is 0 Å². The van der Waals surface area contributed by atoms with Crippen molar-refractivity contribution in [2.75, 3.05) is 6.61 Å².